The number of alkyl halides is 1. The SMILES string of the molecule is COC(=O)CCn1c(C(C)Cl)nc2cc(C)cnc21. The quantitative estimate of drug-likeness (QED) is 0.638. The molecule has 5 nitrogen and oxygen atoms in total. The van der Waals surface area contributed by atoms with E-state index in [1.54, 1.807) is 6.20 Å². The third kappa shape index (κ3) is 2.87. The lowest BCUT2D eigenvalue weighted by Crippen LogP contribution is -2.10. The Labute approximate surface area is 116 Å². The predicted octanol–water partition coefficient (Wildman–Crippen LogP) is 2.60. The minimum atomic E-state index is -0.262. The number of carbonyl (C=O) groups is 1. The number of fused-ring (bicyclic) bond motifs is 1. The number of carbonyl (C=O) groups excluding carboxylic acids is 1. The van der Waals surface area contributed by atoms with Gasteiger partial charge in [0, 0.05) is 12.7 Å². The van der Waals surface area contributed by atoms with E-state index < -0.39 is 0 Å². The van der Waals surface area contributed by atoms with Crippen molar-refractivity contribution >= 4 is 28.7 Å². The number of pyridine rings is 1. The molecule has 0 aliphatic carbocycles. The number of halogens is 1. The van der Waals surface area contributed by atoms with Gasteiger partial charge < -0.3 is 9.30 Å². The minimum absolute atomic E-state index is 0.243. The van der Waals surface area contributed by atoms with Gasteiger partial charge in [0.15, 0.2) is 5.65 Å². The summed E-state index contributed by atoms with van der Waals surface area (Å²) < 4.78 is 6.53. The summed E-state index contributed by atoms with van der Waals surface area (Å²) in [5.41, 5.74) is 2.59. The number of hydrogen-bond acceptors (Lipinski definition) is 4. The summed E-state index contributed by atoms with van der Waals surface area (Å²) in [5, 5.41) is -0.243. The Bertz CT molecular complexity index is 607. The average Bonchev–Trinajstić information content (AvgIpc) is 2.73. The average molecular weight is 282 g/mol. The molecule has 0 radical (unpaired) electrons. The number of ether oxygens (including phenoxy) is 1. The standard InChI is InChI=1S/C13H16ClN3O2/c1-8-6-10-13(15-7-8)17(5-4-11(18)19-3)12(16-10)9(2)14/h6-7,9H,4-5H2,1-3H3. The Morgan fingerprint density at radius 1 is 1.58 bits per heavy atom. The second kappa shape index (κ2) is 5.57. The summed E-state index contributed by atoms with van der Waals surface area (Å²) in [4.78, 5) is 20.1. The summed E-state index contributed by atoms with van der Waals surface area (Å²) in [7, 11) is 1.38. The van der Waals surface area contributed by atoms with Gasteiger partial charge in [-0.15, -0.1) is 11.6 Å². The molecule has 0 amide bonds. The zero-order valence-electron chi connectivity index (χ0n) is 11.2. The molecule has 6 heteroatoms. The number of rotatable bonds is 4. The summed E-state index contributed by atoms with van der Waals surface area (Å²) in [6, 6.07) is 1.96. The van der Waals surface area contributed by atoms with Gasteiger partial charge >= 0.3 is 5.97 Å². The monoisotopic (exact) mass is 281 g/mol. The van der Waals surface area contributed by atoms with Gasteiger partial charge in [0.25, 0.3) is 0 Å². The van der Waals surface area contributed by atoms with Gasteiger partial charge in [0.1, 0.15) is 11.3 Å². The maximum absolute atomic E-state index is 11.3. The fourth-order valence-electron chi connectivity index (χ4n) is 1.96. The highest BCUT2D eigenvalue weighted by molar-refractivity contribution is 6.20. The number of aromatic nitrogens is 3. The molecule has 0 fully saturated rings. The summed E-state index contributed by atoms with van der Waals surface area (Å²) in [6.07, 6.45) is 2.05. The first-order valence-electron chi connectivity index (χ1n) is 6.06. The lowest BCUT2D eigenvalue weighted by atomic mass is 10.3. The van der Waals surface area contributed by atoms with Crippen LogP contribution >= 0.6 is 11.6 Å². The van der Waals surface area contributed by atoms with Crippen molar-refractivity contribution in [3.05, 3.63) is 23.7 Å². The van der Waals surface area contributed by atoms with Gasteiger partial charge in [0.05, 0.1) is 18.9 Å². The van der Waals surface area contributed by atoms with E-state index >= 15 is 0 Å². The molecule has 1 atom stereocenters. The molecule has 0 spiro atoms. The summed E-state index contributed by atoms with van der Waals surface area (Å²) >= 11 is 6.14. The predicted molar refractivity (Wildman–Crippen MR) is 73.2 cm³/mol. The van der Waals surface area contributed by atoms with Crippen LogP contribution in [0.5, 0.6) is 0 Å². The van der Waals surface area contributed by atoms with Crippen LogP contribution in [-0.4, -0.2) is 27.6 Å². The molecular formula is C13H16ClN3O2. The van der Waals surface area contributed by atoms with Gasteiger partial charge in [0.2, 0.25) is 0 Å². The fourth-order valence-corrected chi connectivity index (χ4v) is 2.12. The van der Waals surface area contributed by atoms with E-state index in [-0.39, 0.29) is 17.8 Å². The molecule has 0 aliphatic rings. The third-order valence-electron chi connectivity index (χ3n) is 2.87. The Morgan fingerprint density at radius 2 is 2.32 bits per heavy atom. The number of aryl methyl sites for hydroxylation is 2. The van der Waals surface area contributed by atoms with E-state index in [0.29, 0.717) is 6.54 Å². The van der Waals surface area contributed by atoms with Crippen LogP contribution in [0.15, 0.2) is 12.3 Å². The van der Waals surface area contributed by atoms with Gasteiger partial charge in [-0.1, -0.05) is 0 Å². The number of nitrogens with zero attached hydrogens (tertiary/aromatic N) is 3. The smallest absolute Gasteiger partial charge is 0.307 e. The first-order chi connectivity index (χ1) is 9.02. The first-order valence-corrected chi connectivity index (χ1v) is 6.50. The Morgan fingerprint density at radius 3 is 2.95 bits per heavy atom. The van der Waals surface area contributed by atoms with Crippen molar-refractivity contribution in [3.63, 3.8) is 0 Å². The Hall–Kier alpha value is -1.62. The zero-order chi connectivity index (χ0) is 14.0. The van der Waals surface area contributed by atoms with E-state index in [1.807, 2.05) is 24.5 Å². The van der Waals surface area contributed by atoms with Crippen LogP contribution in [0.25, 0.3) is 11.2 Å². The molecule has 102 valence electrons. The van der Waals surface area contributed by atoms with Crippen LogP contribution in [0.3, 0.4) is 0 Å². The van der Waals surface area contributed by atoms with Crippen molar-refractivity contribution in [3.8, 4) is 0 Å². The van der Waals surface area contributed by atoms with E-state index in [2.05, 4.69) is 14.7 Å². The van der Waals surface area contributed by atoms with Gasteiger partial charge in [-0.2, -0.15) is 0 Å². The van der Waals surface area contributed by atoms with Crippen LogP contribution in [-0.2, 0) is 16.1 Å². The molecule has 0 N–H and O–H groups in total. The van der Waals surface area contributed by atoms with E-state index in [1.165, 1.54) is 7.11 Å². The molecular weight excluding hydrogens is 266 g/mol. The lowest BCUT2D eigenvalue weighted by Gasteiger charge is -2.08. The van der Waals surface area contributed by atoms with Crippen LogP contribution in [0.2, 0.25) is 0 Å². The van der Waals surface area contributed by atoms with E-state index in [0.717, 1.165) is 22.6 Å². The molecule has 2 rings (SSSR count). The summed E-state index contributed by atoms with van der Waals surface area (Å²) in [5.74, 6) is 0.459. The molecule has 0 aromatic carbocycles. The molecule has 0 saturated heterocycles. The van der Waals surface area contributed by atoms with Crippen molar-refractivity contribution < 1.29 is 9.53 Å². The van der Waals surface area contributed by atoms with Crippen molar-refractivity contribution in [2.24, 2.45) is 0 Å². The summed E-state index contributed by atoms with van der Waals surface area (Å²) in [6.45, 7) is 4.28. The topological polar surface area (TPSA) is 57.0 Å². The third-order valence-corrected chi connectivity index (χ3v) is 3.07. The fraction of sp³-hybridized carbons (Fsp3) is 0.462. The molecule has 0 aliphatic heterocycles. The molecule has 2 aromatic heterocycles. The highest BCUT2D eigenvalue weighted by Crippen LogP contribution is 2.24. The maximum atomic E-state index is 11.3. The van der Waals surface area contributed by atoms with Gasteiger partial charge in [-0.3, -0.25) is 4.79 Å². The molecule has 0 saturated carbocycles. The van der Waals surface area contributed by atoms with Crippen LogP contribution in [0.4, 0.5) is 0 Å². The van der Waals surface area contributed by atoms with Crippen molar-refractivity contribution in [1.29, 1.82) is 0 Å². The highest BCUT2D eigenvalue weighted by Gasteiger charge is 2.16. The van der Waals surface area contributed by atoms with Crippen LogP contribution in [0.1, 0.15) is 30.1 Å². The largest absolute Gasteiger partial charge is 0.469 e. The molecule has 2 heterocycles. The first kappa shape index (κ1) is 13.8. The number of hydrogen-bond donors (Lipinski definition) is 0. The number of imidazole rings is 1. The van der Waals surface area contributed by atoms with Crippen molar-refractivity contribution in [2.45, 2.75) is 32.2 Å². The van der Waals surface area contributed by atoms with Crippen molar-refractivity contribution in [1.82, 2.24) is 14.5 Å². The zero-order valence-corrected chi connectivity index (χ0v) is 11.9. The van der Waals surface area contributed by atoms with E-state index in [9.17, 15) is 4.79 Å². The molecule has 2 aromatic rings. The van der Waals surface area contributed by atoms with Gasteiger partial charge in [-0.05, 0) is 25.5 Å². The second-order valence-corrected chi connectivity index (χ2v) is 5.07. The normalized spacial score (nSPS) is 12.6. The highest BCUT2D eigenvalue weighted by atomic mass is 35.5. The van der Waals surface area contributed by atoms with E-state index in [4.69, 9.17) is 11.6 Å². The lowest BCUT2D eigenvalue weighted by molar-refractivity contribution is -0.140. The van der Waals surface area contributed by atoms with Crippen molar-refractivity contribution in [2.75, 3.05) is 7.11 Å². The Balaban J connectivity index is 2.43. The molecule has 0 bridgehead atoms. The second-order valence-electron chi connectivity index (χ2n) is 4.42. The van der Waals surface area contributed by atoms with Crippen LogP contribution in [0, 0.1) is 6.92 Å². The Kier molecular flexibility index (Phi) is 4.04. The molecule has 19 heavy (non-hydrogen) atoms. The van der Waals surface area contributed by atoms with Crippen LogP contribution < -0.4 is 0 Å². The van der Waals surface area contributed by atoms with Gasteiger partial charge in [-0.25, -0.2) is 9.97 Å². The maximum Gasteiger partial charge on any atom is 0.307 e. The molecule has 1 unspecified atom stereocenters. The number of esters is 1. The minimum Gasteiger partial charge on any atom is -0.469 e. The number of methoxy groups -OCH3 is 1.